The maximum atomic E-state index is 10.9. The Morgan fingerprint density at radius 2 is 2.14 bits per heavy atom. The van der Waals surface area contributed by atoms with E-state index in [0.29, 0.717) is 5.75 Å². The van der Waals surface area contributed by atoms with Crippen molar-refractivity contribution in [2.45, 2.75) is 18.9 Å². The van der Waals surface area contributed by atoms with Crippen LogP contribution in [-0.4, -0.2) is 44.3 Å². The number of ether oxygens (including phenoxy) is 2. The molecule has 0 amide bonds. The predicted octanol–water partition coefficient (Wildman–Crippen LogP) is 0.646. The van der Waals surface area contributed by atoms with E-state index in [-0.39, 0.29) is 5.97 Å². The highest BCUT2D eigenvalue weighted by Gasteiger charge is 2.12. The quantitative estimate of drug-likeness (QED) is 0.481. The first kappa shape index (κ1) is 13.7. The number of carbonyl (C=O) groups excluding carboxylic acids is 1. The molecule has 0 fully saturated rings. The van der Waals surface area contributed by atoms with Gasteiger partial charge in [-0.2, -0.15) is 11.8 Å². The van der Waals surface area contributed by atoms with Crippen LogP contribution >= 0.6 is 11.8 Å². The number of hydrogen-bond acceptors (Lipinski definition) is 5. The normalized spacial score (nSPS) is 12.5. The molecular formula is C9H19NO3S. The zero-order valence-corrected chi connectivity index (χ0v) is 9.64. The van der Waals surface area contributed by atoms with Gasteiger partial charge in [0.1, 0.15) is 6.04 Å². The molecule has 0 saturated carbocycles. The highest BCUT2D eigenvalue weighted by Crippen LogP contribution is 2.06. The Morgan fingerprint density at radius 3 is 2.71 bits per heavy atom. The summed E-state index contributed by atoms with van der Waals surface area (Å²) in [5.74, 6) is 1.29. The number of unbranched alkanes of at least 4 members (excludes halogenated alkanes) is 1. The molecule has 0 rings (SSSR count). The molecule has 0 saturated heterocycles. The van der Waals surface area contributed by atoms with E-state index in [2.05, 4.69) is 4.74 Å². The fourth-order valence-electron chi connectivity index (χ4n) is 0.880. The van der Waals surface area contributed by atoms with Crippen molar-refractivity contribution < 1.29 is 14.3 Å². The summed E-state index contributed by atoms with van der Waals surface area (Å²) < 4.78 is 9.43. The zero-order chi connectivity index (χ0) is 10.8. The summed E-state index contributed by atoms with van der Waals surface area (Å²) in [5.41, 5.74) is 5.55. The smallest absolute Gasteiger partial charge is 0.323 e. The Bertz CT molecular complexity index is 155. The van der Waals surface area contributed by atoms with Crippen molar-refractivity contribution in [1.29, 1.82) is 0 Å². The van der Waals surface area contributed by atoms with E-state index in [0.717, 1.165) is 25.2 Å². The first-order valence-electron chi connectivity index (χ1n) is 4.62. The van der Waals surface area contributed by atoms with Gasteiger partial charge in [0, 0.05) is 19.5 Å². The SMILES string of the molecule is COCCCCSCC(N)C(=O)OC. The summed E-state index contributed by atoms with van der Waals surface area (Å²) in [6.45, 7) is 0.795. The zero-order valence-electron chi connectivity index (χ0n) is 8.82. The van der Waals surface area contributed by atoms with Gasteiger partial charge in [0.15, 0.2) is 0 Å². The van der Waals surface area contributed by atoms with Crippen molar-refractivity contribution in [2.75, 3.05) is 32.3 Å². The first-order valence-corrected chi connectivity index (χ1v) is 5.78. The third kappa shape index (κ3) is 7.17. The highest BCUT2D eigenvalue weighted by atomic mass is 32.2. The Morgan fingerprint density at radius 1 is 1.43 bits per heavy atom. The van der Waals surface area contributed by atoms with Crippen molar-refractivity contribution >= 4 is 17.7 Å². The van der Waals surface area contributed by atoms with Gasteiger partial charge in [0.25, 0.3) is 0 Å². The van der Waals surface area contributed by atoms with Gasteiger partial charge in [-0.1, -0.05) is 0 Å². The summed E-state index contributed by atoms with van der Waals surface area (Å²) in [6.07, 6.45) is 2.14. The number of rotatable bonds is 8. The molecule has 0 aliphatic carbocycles. The number of esters is 1. The highest BCUT2D eigenvalue weighted by molar-refractivity contribution is 7.99. The minimum Gasteiger partial charge on any atom is -0.468 e. The molecule has 0 aliphatic rings. The van der Waals surface area contributed by atoms with Gasteiger partial charge >= 0.3 is 5.97 Å². The number of hydrogen-bond donors (Lipinski definition) is 1. The molecule has 0 heterocycles. The lowest BCUT2D eigenvalue weighted by Gasteiger charge is -2.08. The molecule has 0 aliphatic heterocycles. The minimum atomic E-state index is -0.493. The summed E-state index contributed by atoms with van der Waals surface area (Å²) in [4.78, 5) is 10.9. The van der Waals surface area contributed by atoms with Crippen LogP contribution in [0, 0.1) is 0 Å². The molecule has 0 bridgehead atoms. The Labute approximate surface area is 89.5 Å². The summed E-state index contributed by atoms with van der Waals surface area (Å²) in [6, 6.07) is -0.493. The molecule has 1 unspecified atom stereocenters. The molecular weight excluding hydrogens is 202 g/mol. The standard InChI is InChI=1S/C9H19NO3S/c1-12-5-3-4-6-14-7-8(10)9(11)13-2/h8H,3-7,10H2,1-2H3. The molecule has 2 N–H and O–H groups in total. The summed E-state index contributed by atoms with van der Waals surface area (Å²) in [5, 5.41) is 0. The molecule has 1 atom stereocenters. The van der Waals surface area contributed by atoms with Crippen LogP contribution in [0.25, 0.3) is 0 Å². The lowest BCUT2D eigenvalue weighted by atomic mass is 10.4. The monoisotopic (exact) mass is 221 g/mol. The molecule has 0 spiro atoms. The second kappa shape index (κ2) is 9.30. The average molecular weight is 221 g/mol. The number of nitrogens with two attached hydrogens (primary N) is 1. The maximum Gasteiger partial charge on any atom is 0.323 e. The van der Waals surface area contributed by atoms with Crippen molar-refractivity contribution in [2.24, 2.45) is 5.73 Å². The van der Waals surface area contributed by atoms with Gasteiger partial charge in [-0.15, -0.1) is 0 Å². The fraction of sp³-hybridized carbons (Fsp3) is 0.889. The van der Waals surface area contributed by atoms with Crippen molar-refractivity contribution in [3.8, 4) is 0 Å². The van der Waals surface area contributed by atoms with Crippen LogP contribution in [0.3, 0.4) is 0 Å². The van der Waals surface area contributed by atoms with Crippen molar-refractivity contribution in [3.05, 3.63) is 0 Å². The molecule has 84 valence electrons. The van der Waals surface area contributed by atoms with Crippen LogP contribution in [0.4, 0.5) is 0 Å². The number of carbonyl (C=O) groups is 1. The Hall–Kier alpha value is -0.260. The van der Waals surface area contributed by atoms with Gasteiger partial charge < -0.3 is 15.2 Å². The van der Waals surface area contributed by atoms with Gasteiger partial charge in [0.2, 0.25) is 0 Å². The molecule has 0 aromatic carbocycles. The van der Waals surface area contributed by atoms with E-state index >= 15 is 0 Å². The van der Waals surface area contributed by atoms with E-state index < -0.39 is 6.04 Å². The topological polar surface area (TPSA) is 61.5 Å². The molecule has 14 heavy (non-hydrogen) atoms. The van der Waals surface area contributed by atoms with Gasteiger partial charge in [0.05, 0.1) is 7.11 Å². The molecule has 5 heteroatoms. The summed E-state index contributed by atoms with van der Waals surface area (Å²) in [7, 11) is 3.05. The average Bonchev–Trinajstić information content (AvgIpc) is 2.21. The van der Waals surface area contributed by atoms with E-state index in [1.54, 1.807) is 18.9 Å². The van der Waals surface area contributed by atoms with E-state index in [9.17, 15) is 4.79 Å². The maximum absolute atomic E-state index is 10.9. The van der Waals surface area contributed by atoms with Crippen LogP contribution < -0.4 is 5.73 Å². The molecule has 0 aromatic heterocycles. The lowest BCUT2D eigenvalue weighted by molar-refractivity contribution is -0.141. The second-order valence-electron chi connectivity index (χ2n) is 2.90. The van der Waals surface area contributed by atoms with Gasteiger partial charge in [-0.3, -0.25) is 4.79 Å². The minimum absolute atomic E-state index is 0.339. The fourth-order valence-corrected chi connectivity index (χ4v) is 1.85. The van der Waals surface area contributed by atoms with Crippen LogP contribution in [-0.2, 0) is 14.3 Å². The second-order valence-corrected chi connectivity index (χ2v) is 4.05. The molecule has 0 aromatic rings. The Balaban J connectivity index is 3.23. The summed E-state index contributed by atoms with van der Waals surface area (Å²) >= 11 is 1.67. The number of methoxy groups -OCH3 is 2. The largest absolute Gasteiger partial charge is 0.468 e. The first-order chi connectivity index (χ1) is 6.72. The van der Waals surface area contributed by atoms with Crippen LogP contribution in [0.2, 0.25) is 0 Å². The van der Waals surface area contributed by atoms with Gasteiger partial charge in [-0.05, 0) is 18.6 Å². The number of thioether (sulfide) groups is 1. The van der Waals surface area contributed by atoms with Gasteiger partial charge in [-0.25, -0.2) is 0 Å². The van der Waals surface area contributed by atoms with Crippen LogP contribution in [0.15, 0.2) is 0 Å². The van der Waals surface area contributed by atoms with Crippen molar-refractivity contribution in [1.82, 2.24) is 0 Å². The van der Waals surface area contributed by atoms with Crippen LogP contribution in [0.5, 0.6) is 0 Å². The van der Waals surface area contributed by atoms with E-state index in [1.165, 1.54) is 7.11 Å². The lowest BCUT2D eigenvalue weighted by Crippen LogP contribution is -2.33. The molecule has 0 radical (unpaired) electrons. The van der Waals surface area contributed by atoms with E-state index in [4.69, 9.17) is 10.5 Å². The Kier molecular flexibility index (Phi) is 9.13. The van der Waals surface area contributed by atoms with Crippen molar-refractivity contribution in [3.63, 3.8) is 0 Å². The van der Waals surface area contributed by atoms with Crippen LogP contribution in [0.1, 0.15) is 12.8 Å². The third-order valence-corrected chi connectivity index (χ3v) is 2.86. The predicted molar refractivity (Wildman–Crippen MR) is 58.4 cm³/mol. The van der Waals surface area contributed by atoms with E-state index in [1.807, 2.05) is 0 Å². The third-order valence-electron chi connectivity index (χ3n) is 1.69. The molecule has 4 nitrogen and oxygen atoms in total.